The number of likely N-dealkylation sites (N-methyl/N-ethyl adjacent to an activating group) is 3. The number of aromatic nitrogens is 3. The molecule has 0 spiro atoms. The van der Waals surface area contributed by atoms with Crippen molar-refractivity contribution in [2.45, 2.75) is 139 Å². The van der Waals surface area contributed by atoms with Crippen LogP contribution in [0.2, 0.25) is 0 Å². The van der Waals surface area contributed by atoms with Crippen LogP contribution in [0.5, 0.6) is 0 Å². The van der Waals surface area contributed by atoms with Crippen LogP contribution in [-0.4, -0.2) is 142 Å². The Hall–Kier alpha value is -5.47. The van der Waals surface area contributed by atoms with E-state index in [4.69, 9.17) is 0 Å². The highest BCUT2D eigenvalue weighted by atomic mass is 16.2. The smallest absolute Gasteiger partial charge is 0.320 e. The fourth-order valence-electron chi connectivity index (χ4n) is 7.81. The molecule has 352 valence electrons. The van der Waals surface area contributed by atoms with E-state index in [0.717, 1.165) is 54.7 Å². The van der Waals surface area contributed by atoms with Gasteiger partial charge in [0.05, 0.1) is 29.3 Å². The maximum absolute atomic E-state index is 11.3. The Balaban J connectivity index is 0.000000375. The number of anilines is 1. The number of amides is 7. The molecule has 4 fully saturated rings. The van der Waals surface area contributed by atoms with Crippen molar-refractivity contribution >= 4 is 35.7 Å². The van der Waals surface area contributed by atoms with Gasteiger partial charge in [0, 0.05) is 73.5 Å². The lowest BCUT2D eigenvalue weighted by atomic mass is 9.91. The Bertz CT molecular complexity index is 1820. The summed E-state index contributed by atoms with van der Waals surface area (Å²) in [6.45, 7) is 24.8. The van der Waals surface area contributed by atoms with Gasteiger partial charge in [0.2, 0.25) is 5.95 Å². The molecule has 1 saturated carbocycles. The molecule has 3 aromatic rings. The summed E-state index contributed by atoms with van der Waals surface area (Å²) in [7, 11) is 9.10. The molecule has 3 saturated heterocycles. The lowest BCUT2D eigenvalue weighted by molar-refractivity contribution is 0.0692. The SMILES string of the molecule is CC.CC.CC.CC.CC.CN1C(=O)NC2CCCCC21.CN1C(=O)c2ccccc2C1=O.CN1CC2CCCN2C1=O.CN1CCn2cnnc21.CN1Cc2ccccc2C1=O. The molecule has 6 aliphatic heterocycles. The van der Waals surface area contributed by atoms with Gasteiger partial charge in [0.15, 0.2) is 0 Å². The van der Waals surface area contributed by atoms with Crippen LogP contribution in [0.4, 0.5) is 15.5 Å². The summed E-state index contributed by atoms with van der Waals surface area (Å²) in [4.78, 5) is 66.9. The molecule has 0 radical (unpaired) electrons. The summed E-state index contributed by atoms with van der Waals surface area (Å²) in [5, 5.41) is 10.7. The number of carbonyl (C=O) groups excluding carboxylic acids is 5. The minimum Gasteiger partial charge on any atom is -0.342 e. The number of hydrogen-bond donors (Lipinski definition) is 1. The van der Waals surface area contributed by atoms with Gasteiger partial charge in [-0.25, -0.2) is 9.59 Å². The number of nitrogens with one attached hydrogen (secondary N) is 1. The van der Waals surface area contributed by atoms with E-state index in [1.165, 1.54) is 45.6 Å². The van der Waals surface area contributed by atoms with E-state index in [-0.39, 0.29) is 29.8 Å². The maximum atomic E-state index is 11.3. The third-order valence-electron chi connectivity index (χ3n) is 10.9. The van der Waals surface area contributed by atoms with Gasteiger partial charge in [-0.1, -0.05) is 112 Å². The van der Waals surface area contributed by atoms with Crippen molar-refractivity contribution < 1.29 is 24.0 Å². The number of hydrogen-bond acceptors (Lipinski definition) is 8. The molecule has 3 unspecified atom stereocenters. The van der Waals surface area contributed by atoms with Crippen molar-refractivity contribution in [2.24, 2.45) is 0 Å². The van der Waals surface area contributed by atoms with Gasteiger partial charge in [-0.2, -0.15) is 0 Å². The highest BCUT2D eigenvalue weighted by Gasteiger charge is 2.39. The molecule has 15 nitrogen and oxygen atoms in total. The van der Waals surface area contributed by atoms with Crippen LogP contribution < -0.4 is 10.2 Å². The van der Waals surface area contributed by atoms with E-state index >= 15 is 0 Å². The van der Waals surface area contributed by atoms with Crippen LogP contribution in [0.15, 0.2) is 54.9 Å². The lowest BCUT2D eigenvalue weighted by Gasteiger charge is -2.27. The van der Waals surface area contributed by atoms with E-state index in [1.807, 2.05) is 141 Å². The second-order valence-corrected chi connectivity index (χ2v) is 14.5. The second kappa shape index (κ2) is 29.0. The number of nitrogens with zero attached hydrogens (tertiary/aromatic N) is 9. The number of imide groups is 1. The first-order valence-electron chi connectivity index (χ1n) is 23.3. The highest BCUT2D eigenvalue weighted by molar-refractivity contribution is 6.21. The first kappa shape index (κ1) is 55.5. The predicted molar refractivity (Wildman–Crippen MR) is 255 cm³/mol. The van der Waals surface area contributed by atoms with Crippen LogP contribution >= 0.6 is 0 Å². The van der Waals surface area contributed by atoms with Crippen LogP contribution in [0.3, 0.4) is 0 Å². The largest absolute Gasteiger partial charge is 0.342 e. The molecule has 1 aliphatic carbocycles. The van der Waals surface area contributed by atoms with E-state index in [2.05, 4.69) is 20.4 Å². The average Bonchev–Trinajstić information content (AvgIpc) is 4.23. The molecule has 1 aromatic heterocycles. The summed E-state index contributed by atoms with van der Waals surface area (Å²) in [5.41, 5.74) is 3.00. The summed E-state index contributed by atoms with van der Waals surface area (Å²) < 4.78 is 2.04. The Morgan fingerprint density at radius 1 is 0.587 bits per heavy atom. The minimum absolute atomic E-state index is 0.113. The second-order valence-electron chi connectivity index (χ2n) is 14.5. The molecule has 10 rings (SSSR count). The molecular formula is C48H80N10O5. The monoisotopic (exact) mass is 877 g/mol. The van der Waals surface area contributed by atoms with Gasteiger partial charge in [0.25, 0.3) is 17.7 Å². The van der Waals surface area contributed by atoms with Gasteiger partial charge in [0.1, 0.15) is 6.33 Å². The van der Waals surface area contributed by atoms with Crippen molar-refractivity contribution in [1.29, 1.82) is 0 Å². The number of urea groups is 2. The molecule has 7 aliphatic rings. The molecular weight excluding hydrogens is 797 g/mol. The quantitative estimate of drug-likeness (QED) is 0.221. The third kappa shape index (κ3) is 14.3. The van der Waals surface area contributed by atoms with Crippen molar-refractivity contribution in [3.8, 4) is 0 Å². The van der Waals surface area contributed by atoms with Crippen molar-refractivity contribution in [2.75, 3.05) is 59.8 Å². The number of benzene rings is 2. The Labute approximate surface area is 379 Å². The standard InChI is InChI=1S/C9H7NO2.C9H9NO.C8H14N2O.C7H12N2O.C5H8N4.5C2H6/c1-10-8(11)6-4-2-3-5-7(6)9(10)12;1-10-6-7-4-2-3-5-8(7)9(10)11;1-10-7-5-3-2-4-6(7)9-8(10)11;1-8-5-6-3-2-4-9(6)7(8)10;1-8-2-3-9-4-6-7-5(8)9;5*1-2/h2-5H,1H3;2-5H,6H2,1H3;6-7H,2-5H2,1H3,(H,9,11);6H,2-5H2,1H3;4H,2-3H2,1H3;5*1-2H3. The molecule has 1 N–H and O–H groups in total. The fraction of sp³-hybridized carbons (Fsp3) is 0.604. The number of fused-ring (bicyclic) bond motifs is 5. The van der Waals surface area contributed by atoms with Gasteiger partial charge in [-0.3, -0.25) is 23.9 Å². The van der Waals surface area contributed by atoms with Gasteiger partial charge in [-0.05, 0) is 49.4 Å². The highest BCUT2D eigenvalue weighted by Crippen LogP contribution is 2.27. The van der Waals surface area contributed by atoms with Crippen LogP contribution in [0.1, 0.15) is 144 Å². The zero-order chi connectivity index (χ0) is 47.8. The summed E-state index contributed by atoms with van der Waals surface area (Å²) in [6.07, 6.45) is 9.07. The van der Waals surface area contributed by atoms with Gasteiger partial charge in [-0.15, -0.1) is 10.2 Å². The molecule has 7 heterocycles. The van der Waals surface area contributed by atoms with Gasteiger partial charge >= 0.3 is 12.1 Å². The molecule has 7 amide bonds. The van der Waals surface area contributed by atoms with Gasteiger partial charge < -0.3 is 29.8 Å². The zero-order valence-electron chi connectivity index (χ0n) is 41.3. The first-order chi connectivity index (χ1) is 30.5. The van der Waals surface area contributed by atoms with E-state index < -0.39 is 0 Å². The topological polar surface area (TPSA) is 148 Å². The number of rotatable bonds is 0. The van der Waals surface area contributed by atoms with E-state index in [9.17, 15) is 24.0 Å². The Kier molecular flexibility index (Phi) is 25.6. The molecule has 15 heteroatoms. The van der Waals surface area contributed by atoms with E-state index in [0.29, 0.717) is 29.3 Å². The predicted octanol–water partition coefficient (Wildman–Crippen LogP) is 8.51. The maximum Gasteiger partial charge on any atom is 0.320 e. The first-order valence-corrected chi connectivity index (χ1v) is 23.3. The molecule has 63 heavy (non-hydrogen) atoms. The summed E-state index contributed by atoms with van der Waals surface area (Å²) in [5.74, 6) is 0.696. The van der Waals surface area contributed by atoms with Crippen molar-refractivity contribution in [3.05, 3.63) is 77.1 Å². The van der Waals surface area contributed by atoms with E-state index in [1.54, 1.807) is 35.5 Å². The molecule has 3 atom stereocenters. The van der Waals surface area contributed by atoms with Crippen LogP contribution in [-0.2, 0) is 13.1 Å². The lowest BCUT2D eigenvalue weighted by Crippen LogP contribution is -2.36. The molecule has 2 aromatic carbocycles. The minimum atomic E-state index is -0.212. The Morgan fingerprint density at radius 3 is 1.68 bits per heavy atom. The van der Waals surface area contributed by atoms with Crippen LogP contribution in [0, 0.1) is 0 Å². The summed E-state index contributed by atoms with van der Waals surface area (Å²) >= 11 is 0. The normalized spacial score (nSPS) is 19.9. The number of carbonyl (C=O) groups is 5. The fourth-order valence-corrected chi connectivity index (χ4v) is 7.81. The van der Waals surface area contributed by atoms with Crippen LogP contribution in [0.25, 0.3) is 0 Å². The van der Waals surface area contributed by atoms with Crippen molar-refractivity contribution in [1.82, 2.24) is 44.6 Å². The Morgan fingerprint density at radius 2 is 1.14 bits per heavy atom. The third-order valence-corrected chi connectivity index (χ3v) is 10.9. The van der Waals surface area contributed by atoms with Crippen molar-refractivity contribution in [3.63, 3.8) is 0 Å². The molecule has 0 bridgehead atoms. The zero-order valence-corrected chi connectivity index (χ0v) is 41.3. The summed E-state index contributed by atoms with van der Waals surface area (Å²) in [6, 6.07) is 16.4. The average molecular weight is 877 g/mol.